The van der Waals surface area contributed by atoms with Crippen LogP contribution < -0.4 is 5.32 Å². The van der Waals surface area contributed by atoms with Gasteiger partial charge in [-0.2, -0.15) is 0 Å². The van der Waals surface area contributed by atoms with Crippen LogP contribution in [0, 0.1) is 0 Å². The topological polar surface area (TPSA) is 62.5 Å². The van der Waals surface area contributed by atoms with E-state index in [0.717, 1.165) is 17.7 Å². The van der Waals surface area contributed by atoms with Gasteiger partial charge in [0.25, 0.3) is 5.91 Å². The number of aryl methyl sites for hydroxylation is 1. The van der Waals surface area contributed by atoms with Gasteiger partial charge in [-0.3, -0.25) is 4.79 Å². The molecule has 1 aromatic carbocycles. The monoisotopic (exact) mass is 287 g/mol. The number of nitrogens with one attached hydrogen (secondary N) is 1. The SMILES string of the molecule is CCc1ccc(C(=O)NC(C)C(O)Cc2ccccc2)o1. The van der Waals surface area contributed by atoms with Crippen molar-refractivity contribution in [1.82, 2.24) is 5.32 Å². The Labute approximate surface area is 124 Å². The van der Waals surface area contributed by atoms with Crippen LogP contribution in [0.15, 0.2) is 46.9 Å². The highest BCUT2D eigenvalue weighted by Gasteiger charge is 2.19. The highest BCUT2D eigenvalue weighted by atomic mass is 16.3. The van der Waals surface area contributed by atoms with Crippen LogP contribution in [-0.2, 0) is 12.8 Å². The largest absolute Gasteiger partial charge is 0.456 e. The third-order valence-electron chi connectivity index (χ3n) is 3.46. The minimum absolute atomic E-state index is 0.283. The smallest absolute Gasteiger partial charge is 0.287 e. The van der Waals surface area contributed by atoms with Crippen LogP contribution >= 0.6 is 0 Å². The van der Waals surface area contributed by atoms with E-state index in [9.17, 15) is 9.90 Å². The molecule has 4 heteroatoms. The van der Waals surface area contributed by atoms with Crippen molar-refractivity contribution in [2.24, 2.45) is 0 Å². The van der Waals surface area contributed by atoms with Crippen molar-refractivity contribution in [1.29, 1.82) is 0 Å². The highest BCUT2D eigenvalue weighted by Crippen LogP contribution is 2.10. The van der Waals surface area contributed by atoms with E-state index in [4.69, 9.17) is 4.42 Å². The van der Waals surface area contributed by atoms with Crippen molar-refractivity contribution in [3.8, 4) is 0 Å². The molecule has 2 unspecified atom stereocenters. The lowest BCUT2D eigenvalue weighted by molar-refractivity contribution is 0.0824. The first-order valence-electron chi connectivity index (χ1n) is 7.21. The van der Waals surface area contributed by atoms with Gasteiger partial charge in [0.1, 0.15) is 5.76 Å². The van der Waals surface area contributed by atoms with Crippen molar-refractivity contribution in [3.05, 3.63) is 59.5 Å². The maximum Gasteiger partial charge on any atom is 0.287 e. The summed E-state index contributed by atoms with van der Waals surface area (Å²) < 4.78 is 5.40. The summed E-state index contributed by atoms with van der Waals surface area (Å²) in [6.07, 6.45) is 0.608. The Morgan fingerprint density at radius 3 is 2.57 bits per heavy atom. The molecular weight excluding hydrogens is 266 g/mol. The summed E-state index contributed by atoms with van der Waals surface area (Å²) in [7, 11) is 0. The minimum Gasteiger partial charge on any atom is -0.456 e. The van der Waals surface area contributed by atoms with E-state index in [1.165, 1.54) is 0 Å². The molecule has 1 aromatic heterocycles. The molecule has 1 amide bonds. The fourth-order valence-electron chi connectivity index (χ4n) is 2.10. The second-order valence-corrected chi connectivity index (χ2v) is 5.14. The van der Waals surface area contributed by atoms with Crippen molar-refractivity contribution < 1.29 is 14.3 Å². The normalized spacial score (nSPS) is 13.7. The van der Waals surface area contributed by atoms with Gasteiger partial charge in [-0.15, -0.1) is 0 Å². The molecular formula is C17H21NO3. The van der Waals surface area contributed by atoms with Crippen LogP contribution in [0.4, 0.5) is 0 Å². The summed E-state index contributed by atoms with van der Waals surface area (Å²) in [5.41, 5.74) is 1.04. The highest BCUT2D eigenvalue weighted by molar-refractivity contribution is 5.91. The van der Waals surface area contributed by atoms with E-state index in [1.54, 1.807) is 19.1 Å². The predicted molar refractivity (Wildman–Crippen MR) is 81.2 cm³/mol. The Morgan fingerprint density at radius 1 is 1.24 bits per heavy atom. The van der Waals surface area contributed by atoms with Crippen LogP contribution in [0.3, 0.4) is 0 Å². The van der Waals surface area contributed by atoms with Gasteiger partial charge < -0.3 is 14.8 Å². The quantitative estimate of drug-likeness (QED) is 0.858. The molecule has 0 aliphatic rings. The number of amides is 1. The maximum atomic E-state index is 12.0. The van der Waals surface area contributed by atoms with Crippen molar-refractivity contribution in [2.75, 3.05) is 0 Å². The maximum absolute atomic E-state index is 12.0. The van der Waals surface area contributed by atoms with Crippen molar-refractivity contribution >= 4 is 5.91 Å². The average Bonchev–Trinajstić information content (AvgIpc) is 2.97. The second-order valence-electron chi connectivity index (χ2n) is 5.14. The number of carbonyl (C=O) groups excluding carboxylic acids is 1. The standard InChI is InChI=1S/C17H21NO3/c1-3-14-9-10-16(21-14)17(20)18-12(2)15(19)11-13-7-5-4-6-8-13/h4-10,12,15,19H,3,11H2,1-2H3,(H,18,20). The Bertz CT molecular complexity index is 577. The molecule has 2 N–H and O–H groups in total. The summed E-state index contributed by atoms with van der Waals surface area (Å²) >= 11 is 0. The third-order valence-corrected chi connectivity index (χ3v) is 3.46. The number of hydrogen-bond acceptors (Lipinski definition) is 3. The van der Waals surface area contributed by atoms with Crippen LogP contribution in [0.5, 0.6) is 0 Å². The van der Waals surface area contributed by atoms with Crippen molar-refractivity contribution in [2.45, 2.75) is 38.8 Å². The van der Waals surface area contributed by atoms with E-state index < -0.39 is 6.10 Å². The second kappa shape index (κ2) is 7.09. The third kappa shape index (κ3) is 4.20. The summed E-state index contributed by atoms with van der Waals surface area (Å²) in [6, 6.07) is 12.8. The van der Waals surface area contributed by atoms with Crippen LogP contribution in [0.2, 0.25) is 0 Å². The number of benzene rings is 1. The molecule has 2 aromatic rings. The van der Waals surface area contributed by atoms with E-state index in [2.05, 4.69) is 5.32 Å². The lowest BCUT2D eigenvalue weighted by Gasteiger charge is -2.19. The Hall–Kier alpha value is -2.07. The first kappa shape index (κ1) is 15.3. The molecule has 21 heavy (non-hydrogen) atoms. The number of rotatable bonds is 6. The van der Waals surface area contributed by atoms with Gasteiger partial charge in [-0.25, -0.2) is 0 Å². The fourth-order valence-corrected chi connectivity index (χ4v) is 2.10. The minimum atomic E-state index is -0.642. The number of aliphatic hydroxyl groups excluding tert-OH is 1. The van der Waals surface area contributed by atoms with E-state index in [1.807, 2.05) is 37.3 Å². The lowest BCUT2D eigenvalue weighted by Crippen LogP contribution is -2.42. The van der Waals surface area contributed by atoms with Gasteiger partial charge in [-0.1, -0.05) is 37.3 Å². The first-order valence-corrected chi connectivity index (χ1v) is 7.21. The first-order chi connectivity index (χ1) is 10.1. The zero-order valence-corrected chi connectivity index (χ0v) is 12.4. The Kier molecular flexibility index (Phi) is 5.17. The zero-order valence-electron chi connectivity index (χ0n) is 12.4. The number of carbonyl (C=O) groups is 1. The Morgan fingerprint density at radius 2 is 1.95 bits per heavy atom. The molecule has 1 heterocycles. The van der Waals surface area contributed by atoms with Crippen molar-refractivity contribution in [3.63, 3.8) is 0 Å². The number of aliphatic hydroxyl groups is 1. The lowest BCUT2D eigenvalue weighted by atomic mass is 10.0. The van der Waals surface area contributed by atoms with Crippen LogP contribution in [0.25, 0.3) is 0 Å². The van der Waals surface area contributed by atoms with Gasteiger partial charge in [0, 0.05) is 12.8 Å². The van der Waals surface area contributed by atoms with E-state index in [0.29, 0.717) is 6.42 Å². The van der Waals surface area contributed by atoms with Crippen LogP contribution in [0.1, 0.15) is 35.7 Å². The molecule has 112 valence electrons. The zero-order chi connectivity index (χ0) is 15.2. The van der Waals surface area contributed by atoms with E-state index in [-0.39, 0.29) is 17.7 Å². The molecule has 2 rings (SSSR count). The summed E-state index contributed by atoms with van der Waals surface area (Å²) in [4.78, 5) is 12.0. The molecule has 0 radical (unpaired) electrons. The van der Waals surface area contributed by atoms with Gasteiger partial charge in [0.05, 0.1) is 12.1 Å². The van der Waals surface area contributed by atoms with Gasteiger partial charge in [0.2, 0.25) is 0 Å². The van der Waals surface area contributed by atoms with Crippen LogP contribution in [-0.4, -0.2) is 23.2 Å². The number of hydrogen-bond donors (Lipinski definition) is 2. The molecule has 2 atom stereocenters. The number of furan rings is 1. The average molecular weight is 287 g/mol. The van der Waals surface area contributed by atoms with E-state index >= 15 is 0 Å². The van der Waals surface area contributed by atoms with Gasteiger partial charge in [-0.05, 0) is 24.6 Å². The molecule has 0 saturated heterocycles. The fraction of sp³-hybridized carbons (Fsp3) is 0.353. The van der Waals surface area contributed by atoms with Gasteiger partial charge >= 0.3 is 0 Å². The summed E-state index contributed by atoms with van der Waals surface area (Å²) in [5, 5.41) is 12.9. The Balaban J connectivity index is 1.91. The molecule has 0 aliphatic carbocycles. The van der Waals surface area contributed by atoms with Gasteiger partial charge in [0.15, 0.2) is 5.76 Å². The summed E-state index contributed by atoms with van der Waals surface area (Å²) in [6.45, 7) is 3.75. The molecule has 0 bridgehead atoms. The molecule has 0 spiro atoms. The predicted octanol–water partition coefficient (Wildman–Crippen LogP) is 2.56. The molecule has 4 nitrogen and oxygen atoms in total. The summed E-state index contributed by atoms with van der Waals surface area (Å²) in [5.74, 6) is 0.762. The molecule has 0 aliphatic heterocycles. The molecule has 0 saturated carbocycles. The molecule has 0 fully saturated rings.